The molecule has 1 aliphatic rings. The average molecular weight is 409 g/mol. The topological polar surface area (TPSA) is 119 Å². The molecule has 30 heavy (non-hydrogen) atoms. The number of phenols is 1. The molecule has 0 radical (unpaired) electrons. The van der Waals surface area contributed by atoms with Gasteiger partial charge in [-0.2, -0.15) is 0 Å². The number of esters is 1. The van der Waals surface area contributed by atoms with Gasteiger partial charge in [-0.15, -0.1) is 0 Å². The van der Waals surface area contributed by atoms with Crippen LogP contribution in [0.1, 0.15) is 38.7 Å². The maximum absolute atomic E-state index is 11.9. The first-order chi connectivity index (χ1) is 14.5. The van der Waals surface area contributed by atoms with Crippen molar-refractivity contribution in [3.63, 3.8) is 0 Å². The first-order valence-corrected chi connectivity index (χ1v) is 9.30. The first kappa shape index (κ1) is 19.5. The van der Waals surface area contributed by atoms with E-state index >= 15 is 0 Å². The highest BCUT2D eigenvalue weighted by molar-refractivity contribution is 5.95. The molecule has 0 amide bonds. The van der Waals surface area contributed by atoms with Crippen LogP contribution in [0.4, 0.5) is 0 Å². The maximum Gasteiger partial charge on any atom is 0.358 e. The van der Waals surface area contributed by atoms with Crippen molar-refractivity contribution in [3.8, 4) is 22.6 Å². The van der Waals surface area contributed by atoms with E-state index in [9.17, 15) is 19.8 Å². The number of carbonyl (C=O) groups excluding carboxylic acids is 1. The number of hydrogen-bond acceptors (Lipinski definition) is 7. The van der Waals surface area contributed by atoms with E-state index in [1.807, 2.05) is 24.3 Å². The van der Waals surface area contributed by atoms with E-state index in [4.69, 9.17) is 14.0 Å². The predicted molar refractivity (Wildman–Crippen MR) is 105 cm³/mol. The van der Waals surface area contributed by atoms with Gasteiger partial charge in [-0.05, 0) is 35.6 Å². The van der Waals surface area contributed by atoms with Crippen molar-refractivity contribution >= 4 is 11.9 Å². The van der Waals surface area contributed by atoms with Crippen LogP contribution in [-0.4, -0.2) is 41.0 Å². The Kier molecular flexibility index (Phi) is 5.14. The molecule has 1 saturated carbocycles. The smallest absolute Gasteiger partial charge is 0.358 e. The highest BCUT2D eigenvalue weighted by Crippen LogP contribution is 2.48. The molecule has 0 unspecified atom stereocenters. The quantitative estimate of drug-likeness (QED) is 0.567. The first-order valence-electron chi connectivity index (χ1n) is 9.30. The molecule has 2 N–H and O–H groups in total. The third-order valence-corrected chi connectivity index (χ3v) is 5.17. The second-order valence-electron chi connectivity index (χ2n) is 7.06. The second kappa shape index (κ2) is 7.90. The van der Waals surface area contributed by atoms with Crippen LogP contribution in [0.25, 0.3) is 11.1 Å². The molecule has 2 aromatic carbocycles. The molecule has 0 spiro atoms. The summed E-state index contributed by atoms with van der Waals surface area (Å²) in [5, 5.41) is 22.7. The number of aromatic carboxylic acids is 1. The zero-order valence-electron chi connectivity index (χ0n) is 16.1. The summed E-state index contributed by atoms with van der Waals surface area (Å²) in [7, 11) is 1.24. The van der Waals surface area contributed by atoms with Gasteiger partial charge in [0.05, 0.1) is 19.3 Å². The zero-order valence-corrected chi connectivity index (χ0v) is 16.1. The van der Waals surface area contributed by atoms with Crippen molar-refractivity contribution < 1.29 is 33.8 Å². The molecule has 4 rings (SSSR count). The summed E-state index contributed by atoms with van der Waals surface area (Å²) in [5.74, 6) is -1.24. The number of carboxylic acids is 1. The van der Waals surface area contributed by atoms with Crippen LogP contribution in [0.5, 0.6) is 11.5 Å². The fourth-order valence-corrected chi connectivity index (χ4v) is 3.52. The van der Waals surface area contributed by atoms with Crippen LogP contribution in [-0.2, 0) is 4.74 Å². The van der Waals surface area contributed by atoms with E-state index in [1.54, 1.807) is 12.1 Å². The van der Waals surface area contributed by atoms with Gasteiger partial charge in [0.1, 0.15) is 23.3 Å². The Hall–Kier alpha value is -3.81. The summed E-state index contributed by atoms with van der Waals surface area (Å²) in [6, 6.07) is 12.2. The molecule has 1 fully saturated rings. The Morgan fingerprint density at radius 1 is 1.23 bits per heavy atom. The van der Waals surface area contributed by atoms with Crippen molar-refractivity contribution in [2.45, 2.75) is 12.3 Å². The van der Waals surface area contributed by atoms with E-state index < -0.39 is 11.9 Å². The van der Waals surface area contributed by atoms with Gasteiger partial charge in [0.2, 0.25) is 0 Å². The lowest BCUT2D eigenvalue weighted by Gasteiger charge is -2.11. The molecule has 0 bridgehead atoms. The summed E-state index contributed by atoms with van der Waals surface area (Å²) in [4.78, 5) is 23.2. The standard InChI is InChI=1S/C22H19NO7/c1-28-22(27)19-17(24)6-3-7-18(19)29-10-14-9-15(14)12-4-2-5-13(8-12)16-11-30-23-20(16)21(25)26/h2-8,11,14-15,24H,9-10H2,1H3,(H,25,26)/t14-,15-/m1/s1. The number of carbonyl (C=O) groups is 2. The molecule has 1 heterocycles. The Bertz CT molecular complexity index is 1100. The minimum Gasteiger partial charge on any atom is -0.507 e. The Balaban J connectivity index is 1.46. The van der Waals surface area contributed by atoms with E-state index in [-0.39, 0.29) is 34.6 Å². The number of aromatic hydroxyl groups is 1. The summed E-state index contributed by atoms with van der Waals surface area (Å²) < 4.78 is 15.3. The van der Waals surface area contributed by atoms with Crippen molar-refractivity contribution in [2.75, 3.05) is 13.7 Å². The molecular weight excluding hydrogens is 390 g/mol. The molecule has 0 saturated heterocycles. The highest BCUT2D eigenvalue weighted by atomic mass is 16.5. The van der Waals surface area contributed by atoms with Crippen molar-refractivity contribution in [1.82, 2.24) is 5.16 Å². The van der Waals surface area contributed by atoms with Crippen molar-refractivity contribution in [2.24, 2.45) is 5.92 Å². The fourth-order valence-electron chi connectivity index (χ4n) is 3.52. The van der Waals surface area contributed by atoms with Gasteiger partial charge in [-0.3, -0.25) is 0 Å². The number of rotatable bonds is 7. The van der Waals surface area contributed by atoms with E-state index in [2.05, 4.69) is 5.16 Å². The molecule has 1 aromatic heterocycles. The van der Waals surface area contributed by atoms with Crippen LogP contribution >= 0.6 is 0 Å². The number of phenolic OH excluding ortho intramolecular Hbond substituents is 1. The number of nitrogens with zero attached hydrogens (tertiary/aromatic N) is 1. The molecule has 8 nitrogen and oxygen atoms in total. The molecule has 1 aliphatic carbocycles. The molecule has 0 aliphatic heterocycles. The Labute approximate surface area is 171 Å². The van der Waals surface area contributed by atoms with Crippen LogP contribution in [0.2, 0.25) is 0 Å². The molecular formula is C22H19NO7. The largest absolute Gasteiger partial charge is 0.507 e. The van der Waals surface area contributed by atoms with Gasteiger partial charge in [-0.25, -0.2) is 9.59 Å². The minimum atomic E-state index is -1.14. The van der Waals surface area contributed by atoms with Crippen molar-refractivity contribution in [3.05, 3.63) is 65.5 Å². The van der Waals surface area contributed by atoms with Gasteiger partial charge in [0.15, 0.2) is 5.69 Å². The lowest BCUT2D eigenvalue weighted by Crippen LogP contribution is -2.08. The number of aromatic nitrogens is 1. The van der Waals surface area contributed by atoms with Gasteiger partial charge in [0.25, 0.3) is 0 Å². The summed E-state index contributed by atoms with van der Waals surface area (Å²) in [5.41, 5.74) is 2.09. The SMILES string of the molecule is COC(=O)c1c(O)cccc1OC[C@H]1C[C@@H]1c1cccc(-c2conc2C(=O)O)c1. The number of carboxylic acid groups (broad SMARTS) is 1. The minimum absolute atomic E-state index is 0.00727. The zero-order chi connectivity index (χ0) is 21.3. The number of ether oxygens (including phenoxy) is 2. The van der Waals surface area contributed by atoms with E-state index in [0.29, 0.717) is 12.2 Å². The monoisotopic (exact) mass is 409 g/mol. The van der Waals surface area contributed by atoms with Gasteiger partial charge < -0.3 is 24.2 Å². The molecule has 2 atom stereocenters. The maximum atomic E-state index is 11.9. The third-order valence-electron chi connectivity index (χ3n) is 5.17. The van der Waals surface area contributed by atoms with E-state index in [1.165, 1.54) is 19.4 Å². The van der Waals surface area contributed by atoms with Crippen LogP contribution < -0.4 is 4.74 Å². The van der Waals surface area contributed by atoms with Gasteiger partial charge >= 0.3 is 11.9 Å². The van der Waals surface area contributed by atoms with Gasteiger partial charge in [-0.1, -0.05) is 35.5 Å². The second-order valence-corrected chi connectivity index (χ2v) is 7.06. The highest BCUT2D eigenvalue weighted by Gasteiger charge is 2.39. The Morgan fingerprint density at radius 2 is 2.03 bits per heavy atom. The summed E-state index contributed by atoms with van der Waals surface area (Å²) in [6.45, 7) is 0.371. The average Bonchev–Trinajstić information content (AvgIpc) is 3.35. The lowest BCUT2D eigenvalue weighted by molar-refractivity contribution is 0.0591. The molecule has 3 aromatic rings. The Morgan fingerprint density at radius 3 is 2.80 bits per heavy atom. The summed E-state index contributed by atoms with van der Waals surface area (Å²) >= 11 is 0. The molecule has 8 heteroatoms. The normalized spacial score (nSPS) is 17.4. The van der Waals surface area contributed by atoms with Crippen LogP contribution in [0, 0.1) is 5.92 Å². The van der Waals surface area contributed by atoms with Crippen molar-refractivity contribution in [1.29, 1.82) is 0 Å². The van der Waals surface area contributed by atoms with Crippen LogP contribution in [0.3, 0.4) is 0 Å². The predicted octanol–water partition coefficient (Wildman–Crippen LogP) is 3.71. The van der Waals surface area contributed by atoms with Crippen LogP contribution in [0.15, 0.2) is 53.3 Å². The van der Waals surface area contributed by atoms with Gasteiger partial charge in [0, 0.05) is 5.92 Å². The lowest BCUT2D eigenvalue weighted by atomic mass is 10.0. The summed E-state index contributed by atoms with van der Waals surface area (Å²) in [6.07, 6.45) is 2.22. The number of methoxy groups -OCH3 is 1. The van der Waals surface area contributed by atoms with E-state index in [0.717, 1.165) is 17.5 Å². The fraction of sp³-hybridized carbons (Fsp3) is 0.227. The molecule has 154 valence electrons. The third kappa shape index (κ3) is 3.71. The number of benzene rings is 2. The number of hydrogen-bond donors (Lipinski definition) is 2.